The van der Waals surface area contributed by atoms with Gasteiger partial charge in [-0.1, -0.05) is 84.9 Å². The third-order valence-corrected chi connectivity index (χ3v) is 10.7. The first-order valence-electron chi connectivity index (χ1n) is 19.6. The van der Waals surface area contributed by atoms with Crippen LogP contribution < -0.4 is 17.2 Å². The third-order valence-electron chi connectivity index (χ3n) is 10.7. The minimum atomic E-state index is -0.586. The molecule has 1 aliphatic heterocycles. The molecule has 6 N–H and O–H groups in total. The van der Waals surface area contributed by atoms with Crippen molar-refractivity contribution in [1.82, 2.24) is 24.5 Å². The molecule has 2 atom stereocenters. The van der Waals surface area contributed by atoms with Crippen LogP contribution in [0.5, 0.6) is 0 Å². The van der Waals surface area contributed by atoms with E-state index in [1.165, 1.54) is 24.5 Å². The molecule has 5 amide bonds. The van der Waals surface area contributed by atoms with Crippen LogP contribution in [-0.2, 0) is 24.0 Å². The summed E-state index contributed by atoms with van der Waals surface area (Å²) in [6.07, 6.45) is 1.26. The molecule has 1 saturated heterocycles. The van der Waals surface area contributed by atoms with Crippen molar-refractivity contribution >= 4 is 51.1 Å². The van der Waals surface area contributed by atoms with Crippen LogP contribution in [0.2, 0.25) is 0 Å². The Bertz CT molecular complexity index is 1910. The van der Waals surface area contributed by atoms with E-state index in [0.29, 0.717) is 19.3 Å². The van der Waals surface area contributed by atoms with Crippen LogP contribution in [0.4, 0.5) is 0 Å². The van der Waals surface area contributed by atoms with Gasteiger partial charge in [0.25, 0.3) is 0 Å². The summed E-state index contributed by atoms with van der Waals surface area (Å²) < 4.78 is 0. The minimum Gasteiger partial charge on any atom is -0.332 e. The van der Waals surface area contributed by atoms with E-state index in [1.54, 1.807) is 0 Å². The molecule has 298 valence electrons. The molecule has 0 unspecified atom stereocenters. The zero-order chi connectivity index (χ0) is 40.2. The summed E-state index contributed by atoms with van der Waals surface area (Å²) in [5.74, 6) is -2.24. The quantitative estimate of drug-likeness (QED) is 0.186. The Hall–Kier alpha value is -5.37. The molecule has 5 rings (SSSR count). The summed E-state index contributed by atoms with van der Waals surface area (Å²) in [4.78, 5) is 79.3. The van der Waals surface area contributed by atoms with Gasteiger partial charge >= 0.3 is 0 Å². The fourth-order valence-corrected chi connectivity index (χ4v) is 7.43. The van der Waals surface area contributed by atoms with Crippen LogP contribution in [0.15, 0.2) is 84.9 Å². The van der Waals surface area contributed by atoms with Crippen molar-refractivity contribution in [3.8, 4) is 0 Å². The Morgan fingerprint density at radius 3 is 1.14 bits per heavy atom. The molecule has 1 aliphatic rings. The highest BCUT2D eigenvalue weighted by molar-refractivity contribution is 5.95. The molecule has 0 bridgehead atoms. The lowest BCUT2D eigenvalue weighted by atomic mass is 9.98. The summed E-state index contributed by atoms with van der Waals surface area (Å²) in [7, 11) is 0. The average Bonchev–Trinajstić information content (AvgIpc) is 3.21. The molecular weight excluding hydrogens is 709 g/mol. The van der Waals surface area contributed by atoms with E-state index in [1.807, 2.05) is 98.8 Å². The Morgan fingerprint density at radius 1 is 0.446 bits per heavy atom. The van der Waals surface area contributed by atoms with Gasteiger partial charge in [0.1, 0.15) is 13.1 Å². The minimum absolute atomic E-state index is 0.167. The Labute approximate surface area is 329 Å². The highest BCUT2D eigenvalue weighted by Gasteiger charge is 2.34. The van der Waals surface area contributed by atoms with Crippen LogP contribution in [0.25, 0.3) is 21.5 Å². The predicted molar refractivity (Wildman–Crippen MR) is 219 cm³/mol. The van der Waals surface area contributed by atoms with Crippen LogP contribution >= 0.6 is 0 Å². The Morgan fingerprint density at radius 2 is 0.768 bits per heavy atom. The fourth-order valence-electron chi connectivity index (χ4n) is 7.43. The number of amides is 5. The zero-order valence-electron chi connectivity index (χ0n) is 32.6. The number of rotatable bonds is 13. The van der Waals surface area contributed by atoms with Gasteiger partial charge in [-0.25, -0.2) is 0 Å². The van der Waals surface area contributed by atoms with E-state index < -0.39 is 41.6 Å². The van der Waals surface area contributed by atoms with Crippen LogP contribution in [0.3, 0.4) is 0 Å². The molecule has 56 heavy (non-hydrogen) atoms. The number of hydrogen-bond acceptors (Lipinski definition) is 8. The molecule has 0 aliphatic carbocycles. The maximum atomic E-state index is 14.6. The molecule has 4 aromatic carbocycles. The van der Waals surface area contributed by atoms with Gasteiger partial charge in [-0.3, -0.25) is 24.0 Å². The molecular formula is C43H56N8O5. The van der Waals surface area contributed by atoms with E-state index in [2.05, 4.69) is 0 Å². The zero-order valence-corrected chi connectivity index (χ0v) is 32.6. The largest absolute Gasteiger partial charge is 0.332 e. The van der Waals surface area contributed by atoms with Crippen molar-refractivity contribution in [3.63, 3.8) is 0 Å². The molecule has 4 aromatic rings. The van der Waals surface area contributed by atoms with Gasteiger partial charge in [0, 0.05) is 19.6 Å². The molecule has 1 fully saturated rings. The lowest BCUT2D eigenvalue weighted by Crippen LogP contribution is -2.51. The lowest BCUT2D eigenvalue weighted by Gasteiger charge is -2.35. The smallest absolute Gasteiger partial charge is 0.243 e. The van der Waals surface area contributed by atoms with E-state index in [4.69, 9.17) is 17.2 Å². The van der Waals surface area contributed by atoms with Gasteiger partial charge in [-0.05, 0) is 85.4 Å². The van der Waals surface area contributed by atoms with Gasteiger partial charge in [-0.15, -0.1) is 0 Å². The number of benzene rings is 4. The van der Waals surface area contributed by atoms with Crippen molar-refractivity contribution in [2.75, 3.05) is 72.0 Å². The second-order valence-corrected chi connectivity index (χ2v) is 14.4. The SMILES string of the molecule is C[C@@H](c1cccc2ccccc12)N1CC(=O)N(CCCN)CC(=O)N([C@@H](C)c2cccc3ccccc23)CC(=O)N(CCCN)CC(=O)N(CCCN)CC1=O. The molecule has 13 heteroatoms. The van der Waals surface area contributed by atoms with Crippen LogP contribution in [0, 0.1) is 0 Å². The summed E-state index contributed by atoms with van der Waals surface area (Å²) in [5.41, 5.74) is 19.3. The topological polar surface area (TPSA) is 180 Å². The van der Waals surface area contributed by atoms with E-state index >= 15 is 0 Å². The number of carbonyl (C=O) groups excluding carboxylic acids is 5. The van der Waals surface area contributed by atoms with Crippen LogP contribution in [-0.4, -0.2) is 126 Å². The van der Waals surface area contributed by atoms with Gasteiger partial charge in [0.2, 0.25) is 29.5 Å². The highest BCUT2D eigenvalue weighted by atomic mass is 16.2. The lowest BCUT2D eigenvalue weighted by molar-refractivity contribution is -0.147. The number of hydrogen-bond donors (Lipinski definition) is 3. The fraction of sp³-hybridized carbons (Fsp3) is 0.419. The molecule has 0 aromatic heterocycles. The van der Waals surface area contributed by atoms with E-state index in [9.17, 15) is 24.0 Å². The molecule has 1 heterocycles. The van der Waals surface area contributed by atoms with Gasteiger partial charge in [0.15, 0.2) is 0 Å². The molecule has 0 saturated carbocycles. The number of nitrogens with two attached hydrogens (primary N) is 3. The summed E-state index contributed by atoms with van der Waals surface area (Å²) in [6.45, 7) is 3.41. The molecule has 13 nitrogen and oxygen atoms in total. The molecule has 0 spiro atoms. The van der Waals surface area contributed by atoms with Crippen molar-refractivity contribution in [2.45, 2.75) is 45.2 Å². The van der Waals surface area contributed by atoms with E-state index in [0.717, 1.165) is 32.7 Å². The first-order valence-corrected chi connectivity index (χ1v) is 19.6. The van der Waals surface area contributed by atoms with Crippen molar-refractivity contribution in [2.24, 2.45) is 17.2 Å². The maximum Gasteiger partial charge on any atom is 0.243 e. The Balaban J connectivity index is 1.61. The van der Waals surface area contributed by atoms with Crippen molar-refractivity contribution in [3.05, 3.63) is 96.1 Å². The first kappa shape index (κ1) is 41.8. The third kappa shape index (κ3) is 10.1. The molecule has 0 radical (unpaired) electrons. The van der Waals surface area contributed by atoms with Crippen LogP contribution in [0.1, 0.15) is 56.3 Å². The summed E-state index contributed by atoms with van der Waals surface area (Å²) >= 11 is 0. The van der Waals surface area contributed by atoms with Gasteiger partial charge in [-0.2, -0.15) is 0 Å². The second-order valence-electron chi connectivity index (χ2n) is 14.4. The van der Waals surface area contributed by atoms with Crippen molar-refractivity contribution < 1.29 is 24.0 Å². The average molecular weight is 765 g/mol. The Kier molecular flexibility index (Phi) is 14.9. The second kappa shape index (κ2) is 20.0. The summed E-state index contributed by atoms with van der Waals surface area (Å²) in [5, 5.41) is 3.81. The predicted octanol–water partition coefficient (Wildman–Crippen LogP) is 3.02. The highest BCUT2D eigenvalue weighted by Crippen LogP contribution is 2.30. The first-order chi connectivity index (χ1) is 27.1. The maximum absolute atomic E-state index is 14.6. The number of carbonyl (C=O) groups is 5. The summed E-state index contributed by atoms with van der Waals surface area (Å²) in [6, 6.07) is 26.1. The van der Waals surface area contributed by atoms with E-state index in [-0.39, 0.29) is 72.0 Å². The number of fused-ring (bicyclic) bond motifs is 2. The van der Waals surface area contributed by atoms with Gasteiger partial charge in [0.05, 0.1) is 31.7 Å². The normalized spacial score (nSPS) is 16.8. The van der Waals surface area contributed by atoms with Crippen molar-refractivity contribution in [1.29, 1.82) is 0 Å². The standard InChI is InChI=1S/C43H56N8O5/c1-31(35-18-7-14-33-12-3-5-16-37(33)35)50-29-40(53)47(23-9-20-44)26-39(52)48(24-10-21-45)27-42(55)51(30-41(54)49(25-11-22-46)28-43(50)56)32(2)36-19-8-15-34-13-4-6-17-38(34)36/h3-8,12-19,31-32H,9-11,20-30,44-46H2,1-2H3/t31-,32-/m0/s1. The number of nitrogens with zero attached hydrogens (tertiary/aromatic N) is 5. The monoisotopic (exact) mass is 764 g/mol. The van der Waals surface area contributed by atoms with Gasteiger partial charge < -0.3 is 41.7 Å².